The van der Waals surface area contributed by atoms with Gasteiger partial charge in [0.1, 0.15) is 6.54 Å². The Morgan fingerprint density at radius 3 is 2.42 bits per heavy atom. The first kappa shape index (κ1) is 29.5. The van der Waals surface area contributed by atoms with E-state index < -0.39 is 0 Å². The van der Waals surface area contributed by atoms with Crippen LogP contribution in [0.5, 0.6) is 11.5 Å². The van der Waals surface area contributed by atoms with Gasteiger partial charge >= 0.3 is 0 Å². The fourth-order valence-electron chi connectivity index (χ4n) is 5.67. The number of fused-ring (bicyclic) bond motifs is 1. The van der Waals surface area contributed by atoms with Gasteiger partial charge in [-0.3, -0.25) is 9.59 Å². The van der Waals surface area contributed by atoms with Crippen molar-refractivity contribution < 1.29 is 19.1 Å². The molecule has 1 aliphatic rings. The molecule has 1 fully saturated rings. The van der Waals surface area contributed by atoms with Gasteiger partial charge in [0.2, 0.25) is 11.8 Å². The molecule has 7 nitrogen and oxygen atoms in total. The highest BCUT2D eigenvalue weighted by atomic mass is 16.5. The Morgan fingerprint density at radius 2 is 1.75 bits per heavy atom. The van der Waals surface area contributed by atoms with Crippen molar-refractivity contribution in [1.82, 2.24) is 14.8 Å². The maximum absolute atomic E-state index is 13.9. The number of carbonyl (C=O) groups is 2. The Kier molecular flexibility index (Phi) is 9.44. The van der Waals surface area contributed by atoms with Crippen LogP contribution in [-0.2, 0) is 22.6 Å². The Balaban J connectivity index is 1.51. The fourth-order valence-corrected chi connectivity index (χ4v) is 5.67. The highest BCUT2D eigenvalue weighted by molar-refractivity contribution is 5.86. The second-order valence-electron chi connectivity index (χ2n) is 12.4. The first-order valence-electron chi connectivity index (χ1n) is 14.4. The van der Waals surface area contributed by atoms with Crippen LogP contribution < -0.4 is 9.47 Å². The zero-order chi connectivity index (χ0) is 28.9. The molecule has 40 heavy (non-hydrogen) atoms. The summed E-state index contributed by atoms with van der Waals surface area (Å²) in [5.41, 5.74) is 3.38. The summed E-state index contributed by atoms with van der Waals surface area (Å²) < 4.78 is 10.9. The van der Waals surface area contributed by atoms with Crippen molar-refractivity contribution in [2.45, 2.75) is 72.4 Å². The summed E-state index contributed by atoms with van der Waals surface area (Å²) >= 11 is 0. The standard InChI is InChI=1S/C33H45N3O4/c1-23(19-33(2,3)4)17-31(37)36(26-12-13-26)22-32(38)35(21-24-11-14-29(39-5)30(18-24)40-6)16-15-25-20-34-28-10-8-7-9-27(25)28/h7-11,14,18,20,23,26,34H,12-13,15-17,19,21-22H2,1-6H3. The first-order chi connectivity index (χ1) is 19.1. The van der Waals surface area contributed by atoms with E-state index in [1.807, 2.05) is 46.3 Å². The van der Waals surface area contributed by atoms with E-state index in [0.29, 0.717) is 37.4 Å². The lowest BCUT2D eigenvalue weighted by atomic mass is 9.84. The molecule has 1 N–H and O–H groups in total. The molecule has 0 aliphatic heterocycles. The number of amides is 2. The van der Waals surface area contributed by atoms with Gasteiger partial charge in [0, 0.05) is 42.7 Å². The minimum Gasteiger partial charge on any atom is -0.493 e. The van der Waals surface area contributed by atoms with Crippen LogP contribution in [0.3, 0.4) is 0 Å². The Labute approximate surface area is 238 Å². The summed E-state index contributed by atoms with van der Waals surface area (Å²) in [6.07, 6.45) is 6.13. The number of aromatic amines is 1. The number of hydrogen-bond acceptors (Lipinski definition) is 4. The minimum absolute atomic E-state index is 0.0293. The Morgan fingerprint density at radius 1 is 1.02 bits per heavy atom. The normalized spacial score (nSPS) is 14.2. The van der Waals surface area contributed by atoms with Crippen LogP contribution in [0.15, 0.2) is 48.7 Å². The maximum atomic E-state index is 13.9. The number of nitrogens with one attached hydrogen (secondary N) is 1. The number of hydrogen-bond donors (Lipinski definition) is 1. The number of H-pyrrole nitrogens is 1. The number of aromatic nitrogens is 1. The van der Waals surface area contributed by atoms with Crippen LogP contribution in [0, 0.1) is 11.3 Å². The summed E-state index contributed by atoms with van der Waals surface area (Å²) in [4.78, 5) is 34.3. The molecule has 2 amide bonds. The number of nitrogens with zero attached hydrogens (tertiary/aromatic N) is 2. The molecular weight excluding hydrogens is 502 g/mol. The maximum Gasteiger partial charge on any atom is 0.242 e. The van der Waals surface area contributed by atoms with E-state index in [9.17, 15) is 9.59 Å². The van der Waals surface area contributed by atoms with Gasteiger partial charge in [-0.15, -0.1) is 0 Å². The number of ether oxygens (including phenoxy) is 2. The van der Waals surface area contributed by atoms with E-state index in [1.165, 1.54) is 10.9 Å². The highest BCUT2D eigenvalue weighted by Gasteiger charge is 2.35. The second kappa shape index (κ2) is 12.8. The highest BCUT2D eigenvalue weighted by Crippen LogP contribution is 2.31. The molecule has 7 heteroatoms. The van der Waals surface area contributed by atoms with Crippen LogP contribution >= 0.6 is 0 Å². The van der Waals surface area contributed by atoms with E-state index in [-0.39, 0.29) is 35.7 Å². The quantitative estimate of drug-likeness (QED) is 0.276. The van der Waals surface area contributed by atoms with Gasteiger partial charge in [0.15, 0.2) is 11.5 Å². The van der Waals surface area contributed by atoms with Gasteiger partial charge in [0.05, 0.1) is 14.2 Å². The third-order valence-corrected chi connectivity index (χ3v) is 7.60. The van der Waals surface area contributed by atoms with Gasteiger partial charge in [-0.25, -0.2) is 0 Å². The first-order valence-corrected chi connectivity index (χ1v) is 14.4. The van der Waals surface area contributed by atoms with Crippen molar-refractivity contribution in [3.8, 4) is 11.5 Å². The van der Waals surface area contributed by atoms with E-state index in [1.54, 1.807) is 14.2 Å². The Bertz CT molecular complexity index is 1300. The van der Waals surface area contributed by atoms with Crippen LogP contribution in [0.2, 0.25) is 0 Å². The molecule has 1 unspecified atom stereocenters. The number of carbonyl (C=O) groups excluding carboxylic acids is 2. The number of benzene rings is 2. The number of rotatable bonds is 13. The van der Waals surface area contributed by atoms with Gasteiger partial charge < -0.3 is 24.3 Å². The van der Waals surface area contributed by atoms with E-state index in [2.05, 4.69) is 44.8 Å². The molecule has 1 atom stereocenters. The summed E-state index contributed by atoms with van der Waals surface area (Å²) in [5.74, 6) is 1.62. The van der Waals surface area contributed by atoms with Crippen molar-refractivity contribution in [2.75, 3.05) is 27.3 Å². The van der Waals surface area contributed by atoms with Crippen molar-refractivity contribution in [2.24, 2.45) is 11.3 Å². The van der Waals surface area contributed by atoms with Gasteiger partial charge in [-0.05, 0) is 66.3 Å². The van der Waals surface area contributed by atoms with Crippen molar-refractivity contribution in [1.29, 1.82) is 0 Å². The smallest absolute Gasteiger partial charge is 0.242 e. The lowest BCUT2D eigenvalue weighted by molar-refractivity contribution is -0.142. The molecule has 0 radical (unpaired) electrons. The van der Waals surface area contributed by atoms with E-state index in [4.69, 9.17) is 9.47 Å². The van der Waals surface area contributed by atoms with E-state index >= 15 is 0 Å². The zero-order valence-electron chi connectivity index (χ0n) is 25.0. The average Bonchev–Trinajstić information content (AvgIpc) is 3.67. The van der Waals surface area contributed by atoms with Gasteiger partial charge in [-0.2, -0.15) is 0 Å². The summed E-state index contributed by atoms with van der Waals surface area (Å²) in [6.45, 7) is 9.84. The summed E-state index contributed by atoms with van der Waals surface area (Å²) in [5, 5.41) is 1.17. The minimum atomic E-state index is -0.0293. The molecule has 1 heterocycles. The summed E-state index contributed by atoms with van der Waals surface area (Å²) in [7, 11) is 3.22. The lowest BCUT2D eigenvalue weighted by Gasteiger charge is -2.30. The van der Waals surface area contributed by atoms with Crippen molar-refractivity contribution >= 4 is 22.7 Å². The predicted octanol–water partition coefficient (Wildman–Crippen LogP) is 6.21. The molecule has 2 aromatic carbocycles. The molecule has 1 aromatic heterocycles. The largest absolute Gasteiger partial charge is 0.493 e. The van der Waals surface area contributed by atoms with E-state index in [0.717, 1.165) is 30.3 Å². The molecule has 3 aromatic rings. The van der Waals surface area contributed by atoms with Crippen LogP contribution in [-0.4, -0.2) is 59.9 Å². The number of para-hydroxylation sites is 1. The van der Waals surface area contributed by atoms with Crippen LogP contribution in [0.25, 0.3) is 10.9 Å². The third kappa shape index (κ3) is 7.80. The zero-order valence-corrected chi connectivity index (χ0v) is 25.0. The third-order valence-electron chi connectivity index (χ3n) is 7.60. The monoisotopic (exact) mass is 547 g/mol. The molecule has 0 saturated heterocycles. The predicted molar refractivity (Wildman–Crippen MR) is 160 cm³/mol. The van der Waals surface area contributed by atoms with Crippen LogP contribution in [0.1, 0.15) is 64.5 Å². The molecule has 0 bridgehead atoms. The van der Waals surface area contributed by atoms with Crippen LogP contribution in [0.4, 0.5) is 0 Å². The SMILES string of the molecule is COc1ccc(CN(CCc2c[nH]c3ccccc23)C(=O)CN(C(=O)CC(C)CC(C)(C)C)C2CC2)cc1OC. The molecule has 0 spiro atoms. The second-order valence-corrected chi connectivity index (χ2v) is 12.4. The number of methoxy groups -OCH3 is 2. The van der Waals surface area contributed by atoms with Crippen molar-refractivity contribution in [3.05, 3.63) is 59.8 Å². The molecular formula is C33H45N3O4. The van der Waals surface area contributed by atoms with Crippen molar-refractivity contribution in [3.63, 3.8) is 0 Å². The molecule has 1 saturated carbocycles. The lowest BCUT2D eigenvalue weighted by Crippen LogP contribution is -2.44. The molecule has 216 valence electrons. The Hall–Kier alpha value is -3.48. The topological polar surface area (TPSA) is 74.9 Å². The fraction of sp³-hybridized carbons (Fsp3) is 0.515. The van der Waals surface area contributed by atoms with Gasteiger partial charge in [0.25, 0.3) is 0 Å². The average molecular weight is 548 g/mol. The molecule has 4 rings (SSSR count). The van der Waals surface area contributed by atoms with Gasteiger partial charge in [-0.1, -0.05) is 52.0 Å². The molecule has 1 aliphatic carbocycles. The summed E-state index contributed by atoms with van der Waals surface area (Å²) in [6, 6.07) is 14.1.